The van der Waals surface area contributed by atoms with Crippen LogP contribution in [0.1, 0.15) is 17.4 Å². The molecule has 1 aromatic heterocycles. The molecule has 0 amide bonds. The van der Waals surface area contributed by atoms with Crippen LogP contribution in [0.4, 0.5) is 0 Å². The highest BCUT2D eigenvalue weighted by molar-refractivity contribution is 9.10. The van der Waals surface area contributed by atoms with Gasteiger partial charge in [0.15, 0.2) is 0 Å². The summed E-state index contributed by atoms with van der Waals surface area (Å²) in [6, 6.07) is 14.8. The number of para-hydroxylation sites is 1. The molecule has 4 heteroatoms. The van der Waals surface area contributed by atoms with E-state index in [1.54, 1.807) is 18.2 Å². The Morgan fingerprint density at radius 1 is 1.11 bits per heavy atom. The van der Waals surface area contributed by atoms with Crippen LogP contribution in [0.3, 0.4) is 0 Å². The Hall–Kier alpha value is -1.29. The molecular weight excluding hydrogens is 328 g/mol. The third kappa shape index (κ3) is 2.41. The lowest BCUT2D eigenvalue weighted by atomic mass is 10.1. The molecule has 0 saturated carbocycles. The average Bonchev–Trinajstić information content (AvgIpc) is 2.85. The highest BCUT2D eigenvalue weighted by Crippen LogP contribution is 2.31. The van der Waals surface area contributed by atoms with Crippen molar-refractivity contribution < 1.29 is 9.52 Å². The van der Waals surface area contributed by atoms with E-state index in [0.29, 0.717) is 10.8 Å². The molecule has 19 heavy (non-hydrogen) atoms. The van der Waals surface area contributed by atoms with Gasteiger partial charge in [0.1, 0.15) is 17.4 Å². The number of fused-ring (bicyclic) bond motifs is 1. The first kappa shape index (κ1) is 12.7. The monoisotopic (exact) mass is 336 g/mol. The minimum absolute atomic E-state index is 0.524. The molecular formula is C15H10BrClO2. The van der Waals surface area contributed by atoms with E-state index in [4.69, 9.17) is 16.0 Å². The summed E-state index contributed by atoms with van der Waals surface area (Å²) in [6.07, 6.45) is -0.805. The van der Waals surface area contributed by atoms with Gasteiger partial charge in [-0.3, -0.25) is 0 Å². The SMILES string of the molecule is OC(c1ccc(Cl)c(Br)c1)c1cc2ccccc2o1. The van der Waals surface area contributed by atoms with Crippen molar-refractivity contribution in [3.63, 3.8) is 0 Å². The quantitative estimate of drug-likeness (QED) is 0.719. The van der Waals surface area contributed by atoms with Crippen LogP contribution in [0, 0.1) is 0 Å². The molecule has 0 aliphatic carbocycles. The first-order valence-electron chi connectivity index (χ1n) is 5.76. The maximum Gasteiger partial charge on any atom is 0.138 e. The van der Waals surface area contributed by atoms with E-state index in [2.05, 4.69) is 15.9 Å². The Morgan fingerprint density at radius 3 is 2.63 bits per heavy atom. The van der Waals surface area contributed by atoms with Crippen LogP contribution < -0.4 is 0 Å². The van der Waals surface area contributed by atoms with E-state index in [1.807, 2.05) is 30.3 Å². The van der Waals surface area contributed by atoms with Crippen molar-refractivity contribution in [2.45, 2.75) is 6.10 Å². The van der Waals surface area contributed by atoms with Crippen molar-refractivity contribution in [3.05, 3.63) is 69.3 Å². The number of aliphatic hydroxyl groups excluding tert-OH is 1. The highest BCUT2D eigenvalue weighted by atomic mass is 79.9. The standard InChI is InChI=1S/C15H10BrClO2/c16-11-7-10(5-6-12(11)17)15(18)14-8-9-3-1-2-4-13(9)19-14/h1-8,15,18H. The molecule has 1 atom stereocenters. The Labute approximate surface area is 123 Å². The normalized spacial score (nSPS) is 12.8. The van der Waals surface area contributed by atoms with Gasteiger partial charge in [-0.15, -0.1) is 0 Å². The third-order valence-corrected chi connectivity index (χ3v) is 4.19. The molecule has 1 heterocycles. The molecule has 0 saturated heterocycles. The van der Waals surface area contributed by atoms with Gasteiger partial charge in [-0.05, 0) is 45.8 Å². The molecule has 0 bridgehead atoms. The molecule has 1 unspecified atom stereocenters. The molecule has 0 spiro atoms. The van der Waals surface area contributed by atoms with Crippen molar-refractivity contribution in [1.82, 2.24) is 0 Å². The van der Waals surface area contributed by atoms with Crippen molar-refractivity contribution in [3.8, 4) is 0 Å². The van der Waals surface area contributed by atoms with Gasteiger partial charge >= 0.3 is 0 Å². The first-order valence-corrected chi connectivity index (χ1v) is 6.94. The Morgan fingerprint density at radius 2 is 1.89 bits per heavy atom. The van der Waals surface area contributed by atoms with Crippen molar-refractivity contribution in [2.24, 2.45) is 0 Å². The largest absolute Gasteiger partial charge is 0.458 e. The van der Waals surface area contributed by atoms with Gasteiger partial charge in [-0.2, -0.15) is 0 Å². The fraction of sp³-hybridized carbons (Fsp3) is 0.0667. The van der Waals surface area contributed by atoms with Gasteiger partial charge in [0.2, 0.25) is 0 Å². The minimum Gasteiger partial charge on any atom is -0.458 e. The Balaban J connectivity index is 2.02. The zero-order valence-corrected chi connectivity index (χ0v) is 12.1. The summed E-state index contributed by atoms with van der Waals surface area (Å²) >= 11 is 9.29. The van der Waals surface area contributed by atoms with Crippen LogP contribution in [0.15, 0.2) is 57.4 Å². The van der Waals surface area contributed by atoms with Crippen LogP contribution in [0.5, 0.6) is 0 Å². The number of rotatable bonds is 2. The smallest absolute Gasteiger partial charge is 0.138 e. The summed E-state index contributed by atoms with van der Waals surface area (Å²) in [4.78, 5) is 0. The van der Waals surface area contributed by atoms with Gasteiger partial charge in [0, 0.05) is 9.86 Å². The molecule has 1 N–H and O–H groups in total. The van der Waals surface area contributed by atoms with E-state index in [-0.39, 0.29) is 0 Å². The fourth-order valence-electron chi connectivity index (χ4n) is 1.98. The minimum atomic E-state index is -0.805. The molecule has 3 rings (SSSR count). The van der Waals surface area contributed by atoms with Crippen molar-refractivity contribution >= 4 is 38.5 Å². The first-order chi connectivity index (χ1) is 9.15. The van der Waals surface area contributed by atoms with Gasteiger partial charge < -0.3 is 9.52 Å². The predicted octanol–water partition coefficient (Wildman–Crippen LogP) is 4.93. The zero-order valence-electron chi connectivity index (χ0n) is 9.81. The lowest BCUT2D eigenvalue weighted by Gasteiger charge is -2.09. The fourth-order valence-corrected chi connectivity index (χ4v) is 2.50. The number of benzene rings is 2. The lowest BCUT2D eigenvalue weighted by Crippen LogP contribution is -1.97. The molecule has 2 nitrogen and oxygen atoms in total. The number of furan rings is 1. The van der Waals surface area contributed by atoms with Crippen LogP contribution in [0.2, 0.25) is 5.02 Å². The van der Waals surface area contributed by atoms with E-state index >= 15 is 0 Å². The van der Waals surface area contributed by atoms with Gasteiger partial charge in [-0.25, -0.2) is 0 Å². The van der Waals surface area contributed by atoms with E-state index in [0.717, 1.165) is 21.0 Å². The molecule has 96 valence electrons. The predicted molar refractivity (Wildman–Crippen MR) is 79.4 cm³/mol. The van der Waals surface area contributed by atoms with Gasteiger partial charge in [0.05, 0.1) is 5.02 Å². The second-order valence-electron chi connectivity index (χ2n) is 4.26. The van der Waals surface area contributed by atoms with Crippen LogP contribution in [-0.4, -0.2) is 5.11 Å². The highest BCUT2D eigenvalue weighted by Gasteiger charge is 2.16. The number of hydrogen-bond donors (Lipinski definition) is 1. The molecule has 3 aromatic rings. The van der Waals surface area contributed by atoms with E-state index in [1.165, 1.54) is 0 Å². The number of aliphatic hydroxyl groups is 1. The summed E-state index contributed by atoms with van der Waals surface area (Å²) in [7, 11) is 0. The third-order valence-electron chi connectivity index (χ3n) is 2.97. The molecule has 0 radical (unpaired) electrons. The second-order valence-corrected chi connectivity index (χ2v) is 5.52. The van der Waals surface area contributed by atoms with Gasteiger partial charge in [0.25, 0.3) is 0 Å². The Bertz CT molecular complexity index is 703. The van der Waals surface area contributed by atoms with Crippen molar-refractivity contribution in [1.29, 1.82) is 0 Å². The van der Waals surface area contributed by atoms with Gasteiger partial charge in [-0.1, -0.05) is 35.9 Å². The summed E-state index contributed by atoms with van der Waals surface area (Å²) in [5, 5.41) is 11.9. The summed E-state index contributed by atoms with van der Waals surface area (Å²) < 4.78 is 6.41. The average molecular weight is 338 g/mol. The Kier molecular flexibility index (Phi) is 3.35. The number of halogens is 2. The van der Waals surface area contributed by atoms with Crippen LogP contribution in [0.25, 0.3) is 11.0 Å². The summed E-state index contributed by atoms with van der Waals surface area (Å²) in [5.74, 6) is 0.524. The second kappa shape index (κ2) is 5.00. The molecule has 0 aliphatic rings. The maximum atomic E-state index is 10.4. The maximum absolute atomic E-state index is 10.4. The van der Waals surface area contributed by atoms with Crippen LogP contribution in [-0.2, 0) is 0 Å². The van der Waals surface area contributed by atoms with Crippen LogP contribution >= 0.6 is 27.5 Å². The zero-order chi connectivity index (χ0) is 13.4. The van der Waals surface area contributed by atoms with E-state index < -0.39 is 6.10 Å². The summed E-state index contributed by atoms with van der Waals surface area (Å²) in [6.45, 7) is 0. The molecule has 2 aromatic carbocycles. The summed E-state index contributed by atoms with van der Waals surface area (Å²) in [5.41, 5.74) is 1.50. The molecule has 0 aliphatic heterocycles. The number of hydrogen-bond acceptors (Lipinski definition) is 2. The topological polar surface area (TPSA) is 33.4 Å². The molecule has 0 fully saturated rings. The lowest BCUT2D eigenvalue weighted by molar-refractivity contribution is 0.192. The van der Waals surface area contributed by atoms with E-state index in [9.17, 15) is 5.11 Å². The van der Waals surface area contributed by atoms with Crippen molar-refractivity contribution in [2.75, 3.05) is 0 Å².